The highest BCUT2D eigenvalue weighted by molar-refractivity contribution is 6.11. The number of hydrogen-bond acceptors (Lipinski definition) is 4. The standard InChI is InChI=1S/C28H30N2O4/c1-3-33-25-16-9-10-17-26(25)34-19-11-18-29-23-14-7-8-15-24(23)30(20-21(2)27(29)31)28(32)22-12-5-4-6-13-22/h4-10,12-17,21H,3,11,18-20H2,1-2H3. The van der Waals surface area contributed by atoms with Gasteiger partial charge in [-0.2, -0.15) is 0 Å². The van der Waals surface area contributed by atoms with Crippen LogP contribution in [0.4, 0.5) is 11.4 Å². The summed E-state index contributed by atoms with van der Waals surface area (Å²) in [5.41, 5.74) is 2.10. The van der Waals surface area contributed by atoms with Crippen molar-refractivity contribution in [1.82, 2.24) is 0 Å². The molecule has 1 atom stereocenters. The third kappa shape index (κ3) is 5.06. The van der Waals surface area contributed by atoms with Gasteiger partial charge in [-0.1, -0.05) is 49.4 Å². The molecule has 0 fully saturated rings. The van der Waals surface area contributed by atoms with Crippen molar-refractivity contribution in [2.75, 3.05) is 36.1 Å². The summed E-state index contributed by atoms with van der Waals surface area (Å²) in [5.74, 6) is 0.973. The molecule has 6 heteroatoms. The van der Waals surface area contributed by atoms with Crippen molar-refractivity contribution in [3.8, 4) is 11.5 Å². The smallest absolute Gasteiger partial charge is 0.258 e. The summed E-state index contributed by atoms with van der Waals surface area (Å²) in [4.78, 5) is 30.2. The Morgan fingerprint density at radius 3 is 2.21 bits per heavy atom. The number of carbonyl (C=O) groups is 2. The first-order valence-corrected chi connectivity index (χ1v) is 11.7. The third-order valence-corrected chi connectivity index (χ3v) is 5.81. The zero-order valence-electron chi connectivity index (χ0n) is 19.6. The number of fused-ring (bicyclic) bond motifs is 1. The highest BCUT2D eigenvalue weighted by Gasteiger charge is 2.33. The Morgan fingerprint density at radius 2 is 1.50 bits per heavy atom. The van der Waals surface area contributed by atoms with Gasteiger partial charge in [0.05, 0.1) is 30.5 Å². The van der Waals surface area contributed by atoms with E-state index in [0.717, 1.165) is 11.4 Å². The van der Waals surface area contributed by atoms with Crippen LogP contribution in [0.2, 0.25) is 0 Å². The SMILES string of the molecule is CCOc1ccccc1OCCCN1C(=O)C(C)CN(C(=O)c2ccccc2)c2ccccc21. The Morgan fingerprint density at radius 1 is 0.882 bits per heavy atom. The van der Waals surface area contributed by atoms with Crippen molar-refractivity contribution in [3.05, 3.63) is 84.4 Å². The number of nitrogens with zero attached hydrogens (tertiary/aromatic N) is 2. The average molecular weight is 459 g/mol. The second-order valence-corrected chi connectivity index (χ2v) is 8.24. The zero-order chi connectivity index (χ0) is 23.9. The van der Waals surface area contributed by atoms with E-state index in [2.05, 4.69) is 0 Å². The molecule has 0 radical (unpaired) electrons. The molecule has 4 rings (SSSR count). The monoisotopic (exact) mass is 458 g/mol. The van der Waals surface area contributed by atoms with E-state index in [4.69, 9.17) is 9.47 Å². The van der Waals surface area contributed by atoms with E-state index in [0.29, 0.717) is 49.8 Å². The Labute approximate surface area is 200 Å². The van der Waals surface area contributed by atoms with Gasteiger partial charge in [-0.25, -0.2) is 0 Å². The van der Waals surface area contributed by atoms with Crippen LogP contribution < -0.4 is 19.3 Å². The lowest BCUT2D eigenvalue weighted by Gasteiger charge is -2.25. The average Bonchev–Trinajstić information content (AvgIpc) is 2.98. The summed E-state index contributed by atoms with van der Waals surface area (Å²) in [6, 6.07) is 24.4. The molecule has 6 nitrogen and oxygen atoms in total. The topological polar surface area (TPSA) is 59.1 Å². The van der Waals surface area contributed by atoms with Crippen LogP contribution in [0.1, 0.15) is 30.6 Å². The molecule has 176 valence electrons. The van der Waals surface area contributed by atoms with Crippen LogP contribution in [0, 0.1) is 5.92 Å². The molecule has 0 bridgehead atoms. The van der Waals surface area contributed by atoms with E-state index >= 15 is 0 Å². The lowest BCUT2D eigenvalue weighted by Crippen LogP contribution is -2.39. The lowest BCUT2D eigenvalue weighted by atomic mass is 10.1. The molecule has 0 N–H and O–H groups in total. The first kappa shape index (κ1) is 23.4. The molecule has 1 aliphatic heterocycles. The van der Waals surface area contributed by atoms with Gasteiger partial charge in [0, 0.05) is 18.7 Å². The molecule has 2 amide bonds. The minimum absolute atomic E-state index is 0.00512. The second kappa shape index (κ2) is 10.9. The van der Waals surface area contributed by atoms with Crippen molar-refractivity contribution in [1.29, 1.82) is 0 Å². The fraction of sp³-hybridized carbons (Fsp3) is 0.286. The maximum absolute atomic E-state index is 13.3. The molecule has 0 aromatic heterocycles. The Hall–Kier alpha value is -3.80. The number of rotatable bonds is 8. The van der Waals surface area contributed by atoms with Crippen LogP contribution in [0.3, 0.4) is 0 Å². The molecule has 1 heterocycles. The second-order valence-electron chi connectivity index (χ2n) is 8.24. The van der Waals surface area contributed by atoms with Gasteiger partial charge in [-0.3, -0.25) is 9.59 Å². The van der Waals surface area contributed by atoms with Gasteiger partial charge in [0.15, 0.2) is 11.5 Å². The maximum atomic E-state index is 13.3. The molecule has 1 unspecified atom stereocenters. The van der Waals surface area contributed by atoms with E-state index in [-0.39, 0.29) is 17.7 Å². The molecular formula is C28H30N2O4. The number of hydrogen-bond donors (Lipinski definition) is 0. The molecule has 0 saturated carbocycles. The normalized spacial score (nSPS) is 15.5. The molecule has 0 aliphatic carbocycles. The number of anilines is 2. The molecule has 34 heavy (non-hydrogen) atoms. The van der Waals surface area contributed by atoms with E-state index in [1.807, 2.05) is 80.6 Å². The first-order valence-electron chi connectivity index (χ1n) is 11.7. The van der Waals surface area contributed by atoms with Crippen molar-refractivity contribution in [2.24, 2.45) is 5.92 Å². The van der Waals surface area contributed by atoms with Crippen LogP contribution in [0.15, 0.2) is 78.9 Å². The summed E-state index contributed by atoms with van der Waals surface area (Å²) in [7, 11) is 0. The van der Waals surface area contributed by atoms with Crippen LogP contribution in [0.5, 0.6) is 11.5 Å². The summed E-state index contributed by atoms with van der Waals surface area (Å²) in [6.07, 6.45) is 0.639. The number of carbonyl (C=O) groups excluding carboxylic acids is 2. The molecule has 3 aromatic carbocycles. The van der Waals surface area contributed by atoms with Gasteiger partial charge in [0.2, 0.25) is 5.91 Å². The lowest BCUT2D eigenvalue weighted by molar-refractivity contribution is -0.121. The Kier molecular flexibility index (Phi) is 7.48. The first-order chi connectivity index (χ1) is 16.6. The fourth-order valence-corrected chi connectivity index (χ4v) is 4.16. The fourth-order valence-electron chi connectivity index (χ4n) is 4.16. The van der Waals surface area contributed by atoms with Gasteiger partial charge < -0.3 is 19.3 Å². The van der Waals surface area contributed by atoms with Crippen molar-refractivity contribution < 1.29 is 19.1 Å². The van der Waals surface area contributed by atoms with Crippen LogP contribution >= 0.6 is 0 Å². The van der Waals surface area contributed by atoms with Crippen LogP contribution in [0.25, 0.3) is 0 Å². The number of ether oxygens (including phenoxy) is 2. The van der Waals surface area contributed by atoms with Gasteiger partial charge in [-0.05, 0) is 49.7 Å². The molecular weight excluding hydrogens is 428 g/mol. The van der Waals surface area contributed by atoms with E-state index in [9.17, 15) is 9.59 Å². The van der Waals surface area contributed by atoms with Crippen molar-refractivity contribution >= 4 is 23.2 Å². The Bertz CT molecular complexity index is 1130. The number of benzene rings is 3. The van der Waals surface area contributed by atoms with E-state index in [1.54, 1.807) is 21.9 Å². The highest BCUT2D eigenvalue weighted by Crippen LogP contribution is 2.35. The largest absolute Gasteiger partial charge is 0.490 e. The van der Waals surface area contributed by atoms with Crippen molar-refractivity contribution in [3.63, 3.8) is 0 Å². The molecule has 1 aliphatic rings. The van der Waals surface area contributed by atoms with Gasteiger partial charge >= 0.3 is 0 Å². The minimum Gasteiger partial charge on any atom is -0.490 e. The van der Waals surface area contributed by atoms with Gasteiger partial charge in [-0.15, -0.1) is 0 Å². The predicted molar refractivity (Wildman–Crippen MR) is 134 cm³/mol. The van der Waals surface area contributed by atoms with Crippen LogP contribution in [-0.2, 0) is 4.79 Å². The molecule has 0 spiro atoms. The third-order valence-electron chi connectivity index (χ3n) is 5.81. The van der Waals surface area contributed by atoms with Crippen LogP contribution in [-0.4, -0.2) is 38.1 Å². The van der Waals surface area contributed by atoms with Gasteiger partial charge in [0.1, 0.15) is 0 Å². The number of para-hydroxylation sites is 4. The van der Waals surface area contributed by atoms with E-state index in [1.165, 1.54) is 0 Å². The summed E-state index contributed by atoms with van der Waals surface area (Å²) >= 11 is 0. The zero-order valence-corrected chi connectivity index (χ0v) is 19.6. The summed E-state index contributed by atoms with van der Waals surface area (Å²) < 4.78 is 11.6. The Balaban J connectivity index is 1.52. The molecule has 0 saturated heterocycles. The highest BCUT2D eigenvalue weighted by atomic mass is 16.5. The van der Waals surface area contributed by atoms with E-state index < -0.39 is 0 Å². The van der Waals surface area contributed by atoms with Gasteiger partial charge in [0.25, 0.3) is 5.91 Å². The summed E-state index contributed by atoms with van der Waals surface area (Å²) in [5, 5.41) is 0. The minimum atomic E-state index is -0.334. The predicted octanol–water partition coefficient (Wildman–Crippen LogP) is 5.18. The quantitative estimate of drug-likeness (QED) is 0.436. The maximum Gasteiger partial charge on any atom is 0.258 e. The summed E-state index contributed by atoms with van der Waals surface area (Å²) in [6.45, 7) is 5.64. The van der Waals surface area contributed by atoms with Crippen molar-refractivity contribution in [2.45, 2.75) is 20.3 Å². The number of amides is 2. The molecule has 3 aromatic rings.